The summed E-state index contributed by atoms with van der Waals surface area (Å²) in [5.74, 6) is 5.09. The lowest BCUT2D eigenvalue weighted by Gasteiger charge is -1.88. The summed E-state index contributed by atoms with van der Waals surface area (Å²) in [4.78, 5) is 5.30. The van der Waals surface area contributed by atoms with Gasteiger partial charge in [0.1, 0.15) is 5.01 Å². The van der Waals surface area contributed by atoms with Crippen molar-refractivity contribution >= 4 is 11.3 Å². The summed E-state index contributed by atoms with van der Waals surface area (Å²) >= 11 is 1.66. The van der Waals surface area contributed by atoms with Crippen molar-refractivity contribution in [1.29, 1.82) is 0 Å². The van der Waals surface area contributed by atoms with Gasteiger partial charge in [-0.1, -0.05) is 0 Å². The highest BCUT2D eigenvalue weighted by molar-refractivity contribution is 7.11. The fraction of sp³-hybridized carbons (Fsp3) is 0.400. The van der Waals surface area contributed by atoms with E-state index >= 15 is 0 Å². The quantitative estimate of drug-likeness (QED) is 0.466. The van der Waals surface area contributed by atoms with E-state index in [0.717, 1.165) is 5.01 Å². The van der Waals surface area contributed by atoms with Gasteiger partial charge in [0.2, 0.25) is 0 Å². The molecule has 0 spiro atoms. The van der Waals surface area contributed by atoms with Crippen molar-refractivity contribution < 1.29 is 0 Å². The third-order valence-electron chi connectivity index (χ3n) is 0.922. The van der Waals surface area contributed by atoms with E-state index in [4.69, 9.17) is 5.84 Å². The van der Waals surface area contributed by atoms with Crippen LogP contribution < -0.4 is 11.3 Å². The molecule has 9 heavy (non-hydrogen) atoms. The predicted octanol–water partition coefficient (Wildman–Crippen LogP) is 0.415. The molecule has 0 atom stereocenters. The van der Waals surface area contributed by atoms with E-state index in [1.54, 1.807) is 11.3 Å². The average molecular weight is 143 g/mol. The van der Waals surface area contributed by atoms with Crippen molar-refractivity contribution in [1.82, 2.24) is 10.4 Å². The van der Waals surface area contributed by atoms with Gasteiger partial charge in [0.25, 0.3) is 0 Å². The highest BCUT2D eigenvalue weighted by Gasteiger charge is 1.93. The molecule has 0 fully saturated rings. The summed E-state index contributed by atoms with van der Waals surface area (Å²) in [5, 5.41) is 1.04. The molecular weight excluding hydrogens is 134 g/mol. The van der Waals surface area contributed by atoms with E-state index in [2.05, 4.69) is 10.4 Å². The Morgan fingerprint density at radius 3 is 3.11 bits per heavy atom. The minimum atomic E-state index is 0.665. The molecule has 50 valence electrons. The largest absolute Gasteiger partial charge is 0.271 e. The molecule has 4 heteroatoms. The normalized spacial score (nSPS) is 10.0. The summed E-state index contributed by atoms with van der Waals surface area (Å²) in [6.45, 7) is 2.69. The van der Waals surface area contributed by atoms with Gasteiger partial charge in [-0.25, -0.2) is 4.98 Å². The molecule has 3 nitrogen and oxygen atoms in total. The maximum atomic E-state index is 5.09. The maximum Gasteiger partial charge on any atom is 0.108 e. The Kier molecular flexibility index (Phi) is 2.16. The Labute approximate surface area is 57.9 Å². The summed E-state index contributed by atoms with van der Waals surface area (Å²) in [6, 6.07) is 0. The zero-order chi connectivity index (χ0) is 6.69. The molecule has 0 aliphatic heterocycles. The standard InChI is InChI=1S/C5H9N3S/c1-4-2-7-5(9-4)3-8-6/h2,8H,3,6H2,1H3. The number of hydrogen-bond acceptors (Lipinski definition) is 4. The van der Waals surface area contributed by atoms with Crippen LogP contribution in [0.5, 0.6) is 0 Å². The minimum absolute atomic E-state index is 0.665. The topological polar surface area (TPSA) is 50.9 Å². The molecular formula is C5H9N3S. The molecule has 0 radical (unpaired) electrons. The van der Waals surface area contributed by atoms with Crippen molar-refractivity contribution in [3.63, 3.8) is 0 Å². The van der Waals surface area contributed by atoms with Crippen molar-refractivity contribution in [2.75, 3.05) is 0 Å². The molecule has 3 N–H and O–H groups in total. The number of nitrogens with two attached hydrogens (primary N) is 1. The number of thiazole rings is 1. The van der Waals surface area contributed by atoms with Crippen LogP contribution in [0.4, 0.5) is 0 Å². The third-order valence-corrected chi connectivity index (χ3v) is 1.84. The highest BCUT2D eigenvalue weighted by atomic mass is 32.1. The van der Waals surface area contributed by atoms with Gasteiger partial charge >= 0.3 is 0 Å². The van der Waals surface area contributed by atoms with Crippen LogP contribution in [0, 0.1) is 6.92 Å². The summed E-state index contributed by atoms with van der Waals surface area (Å²) in [5.41, 5.74) is 2.55. The molecule has 0 aliphatic carbocycles. The van der Waals surface area contributed by atoms with Gasteiger partial charge in [-0.2, -0.15) is 0 Å². The van der Waals surface area contributed by atoms with Crippen molar-refractivity contribution in [2.24, 2.45) is 5.84 Å². The third kappa shape index (κ3) is 1.74. The van der Waals surface area contributed by atoms with Gasteiger partial charge in [-0.05, 0) is 6.92 Å². The number of hydrogen-bond donors (Lipinski definition) is 2. The smallest absolute Gasteiger partial charge is 0.108 e. The molecule has 1 rings (SSSR count). The van der Waals surface area contributed by atoms with Gasteiger partial charge < -0.3 is 0 Å². The first-order valence-corrected chi connectivity index (χ1v) is 3.49. The van der Waals surface area contributed by atoms with Crippen LogP contribution in [0.3, 0.4) is 0 Å². The number of hydrazine groups is 1. The fourth-order valence-corrected chi connectivity index (χ4v) is 1.31. The Bertz CT molecular complexity index is 184. The number of rotatable bonds is 2. The first kappa shape index (κ1) is 6.67. The van der Waals surface area contributed by atoms with Gasteiger partial charge in [-0.15, -0.1) is 11.3 Å². The summed E-state index contributed by atoms with van der Waals surface area (Å²) < 4.78 is 0. The molecule has 0 saturated heterocycles. The second kappa shape index (κ2) is 2.91. The molecule has 0 saturated carbocycles. The van der Waals surface area contributed by atoms with Gasteiger partial charge in [0, 0.05) is 11.1 Å². The van der Waals surface area contributed by atoms with Crippen LogP contribution in [-0.4, -0.2) is 4.98 Å². The molecule has 0 aliphatic rings. The van der Waals surface area contributed by atoms with Crippen molar-refractivity contribution in [3.05, 3.63) is 16.1 Å². The maximum absolute atomic E-state index is 5.09. The van der Waals surface area contributed by atoms with E-state index in [1.807, 2.05) is 13.1 Å². The second-order valence-electron chi connectivity index (χ2n) is 1.75. The van der Waals surface area contributed by atoms with Crippen LogP contribution in [0.25, 0.3) is 0 Å². The fourth-order valence-electron chi connectivity index (χ4n) is 0.570. The van der Waals surface area contributed by atoms with Gasteiger partial charge in [-0.3, -0.25) is 11.3 Å². The Balaban J connectivity index is 2.61. The molecule has 1 aromatic rings. The van der Waals surface area contributed by atoms with Crippen LogP contribution >= 0.6 is 11.3 Å². The van der Waals surface area contributed by atoms with Crippen LogP contribution in [0.15, 0.2) is 6.20 Å². The lowest BCUT2D eigenvalue weighted by atomic mass is 10.6. The SMILES string of the molecule is Cc1cnc(CNN)s1. The van der Waals surface area contributed by atoms with E-state index in [0.29, 0.717) is 6.54 Å². The molecule has 0 amide bonds. The first-order chi connectivity index (χ1) is 4.33. The monoisotopic (exact) mass is 143 g/mol. The Morgan fingerprint density at radius 2 is 2.67 bits per heavy atom. The lowest BCUT2D eigenvalue weighted by molar-refractivity contribution is 0.736. The summed E-state index contributed by atoms with van der Waals surface area (Å²) in [7, 11) is 0. The zero-order valence-electron chi connectivity index (χ0n) is 5.22. The summed E-state index contributed by atoms with van der Waals surface area (Å²) in [6.07, 6.45) is 1.84. The van der Waals surface area contributed by atoms with Crippen LogP contribution in [0.2, 0.25) is 0 Å². The molecule has 0 aromatic carbocycles. The Hall–Kier alpha value is -0.450. The van der Waals surface area contributed by atoms with Crippen LogP contribution in [0.1, 0.15) is 9.88 Å². The average Bonchev–Trinajstić information content (AvgIpc) is 2.17. The Morgan fingerprint density at radius 1 is 1.89 bits per heavy atom. The van der Waals surface area contributed by atoms with E-state index in [1.165, 1.54) is 4.88 Å². The van der Waals surface area contributed by atoms with E-state index in [-0.39, 0.29) is 0 Å². The van der Waals surface area contributed by atoms with Crippen LogP contribution in [-0.2, 0) is 6.54 Å². The van der Waals surface area contributed by atoms with Crippen molar-refractivity contribution in [2.45, 2.75) is 13.5 Å². The molecule has 0 unspecified atom stereocenters. The first-order valence-electron chi connectivity index (χ1n) is 2.67. The molecule has 1 heterocycles. The highest BCUT2D eigenvalue weighted by Crippen LogP contribution is 2.09. The van der Waals surface area contributed by atoms with Gasteiger partial charge in [0.15, 0.2) is 0 Å². The second-order valence-corrected chi connectivity index (χ2v) is 3.06. The lowest BCUT2D eigenvalue weighted by Crippen LogP contribution is -2.20. The van der Waals surface area contributed by atoms with Gasteiger partial charge in [0.05, 0.1) is 6.54 Å². The van der Waals surface area contributed by atoms with E-state index < -0.39 is 0 Å². The van der Waals surface area contributed by atoms with Crippen molar-refractivity contribution in [3.8, 4) is 0 Å². The molecule has 1 aromatic heterocycles. The van der Waals surface area contributed by atoms with E-state index in [9.17, 15) is 0 Å². The predicted molar refractivity (Wildman–Crippen MR) is 37.9 cm³/mol. The number of aryl methyl sites for hydroxylation is 1. The number of nitrogens with one attached hydrogen (secondary N) is 1. The number of nitrogens with zero attached hydrogens (tertiary/aromatic N) is 1. The minimum Gasteiger partial charge on any atom is -0.271 e. The number of aromatic nitrogens is 1. The molecule has 0 bridgehead atoms. The zero-order valence-corrected chi connectivity index (χ0v) is 6.03.